The molecule has 0 aromatic heterocycles. The third-order valence-corrected chi connectivity index (χ3v) is 3.19. The van der Waals surface area contributed by atoms with Gasteiger partial charge in [0.1, 0.15) is 11.3 Å². The van der Waals surface area contributed by atoms with E-state index in [1.54, 1.807) is 6.07 Å². The van der Waals surface area contributed by atoms with E-state index in [2.05, 4.69) is 20.7 Å². The van der Waals surface area contributed by atoms with Gasteiger partial charge in [-0.25, -0.2) is 9.18 Å². The first kappa shape index (κ1) is 15.9. The van der Waals surface area contributed by atoms with Crippen LogP contribution < -0.4 is 4.74 Å². The van der Waals surface area contributed by atoms with Crippen LogP contribution in [0.1, 0.15) is 10.4 Å². The summed E-state index contributed by atoms with van der Waals surface area (Å²) in [5, 5.41) is 10.8. The van der Waals surface area contributed by atoms with Gasteiger partial charge in [-0.15, -0.1) is 0 Å². The number of carbonyl (C=O) groups is 1. The van der Waals surface area contributed by atoms with E-state index in [4.69, 9.17) is 4.74 Å². The molecule has 0 aliphatic carbocycles. The molecule has 0 bridgehead atoms. The molecular weight excluding hydrogens is 361 g/mol. The van der Waals surface area contributed by atoms with Gasteiger partial charge >= 0.3 is 5.97 Å². The number of benzene rings is 2. The molecule has 0 heterocycles. The van der Waals surface area contributed by atoms with Crippen LogP contribution in [0.2, 0.25) is 0 Å². The summed E-state index contributed by atoms with van der Waals surface area (Å²) in [5.41, 5.74) is -0.469. The molecule has 0 saturated carbocycles. The number of non-ortho nitro benzene ring substituents is 1. The standard InChI is InChI=1S/C14H9BrFNO5/c1-21-14(18)10-7-9(17(19)20)3-5-12(10)22-13-4-2-8(15)6-11(13)16/h2-7H,1H3. The molecular formula is C14H9BrFNO5. The summed E-state index contributed by atoms with van der Waals surface area (Å²) in [5.74, 6) is -1.64. The van der Waals surface area contributed by atoms with E-state index in [0.29, 0.717) is 4.47 Å². The Morgan fingerprint density at radius 3 is 2.50 bits per heavy atom. The van der Waals surface area contributed by atoms with Gasteiger partial charge in [0.05, 0.1) is 12.0 Å². The lowest BCUT2D eigenvalue weighted by atomic mass is 10.1. The van der Waals surface area contributed by atoms with E-state index in [-0.39, 0.29) is 22.7 Å². The van der Waals surface area contributed by atoms with Crippen molar-refractivity contribution >= 4 is 27.6 Å². The van der Waals surface area contributed by atoms with Gasteiger partial charge in [0.2, 0.25) is 0 Å². The summed E-state index contributed by atoms with van der Waals surface area (Å²) < 4.78 is 24.2. The molecule has 0 spiro atoms. The van der Waals surface area contributed by atoms with Crippen LogP contribution in [-0.4, -0.2) is 18.0 Å². The van der Waals surface area contributed by atoms with Crippen LogP contribution in [0.25, 0.3) is 0 Å². The predicted molar refractivity (Wildman–Crippen MR) is 78.6 cm³/mol. The van der Waals surface area contributed by atoms with Crippen molar-refractivity contribution < 1.29 is 23.6 Å². The Labute approximate surface area is 132 Å². The van der Waals surface area contributed by atoms with Crippen LogP contribution in [-0.2, 0) is 4.74 Å². The molecule has 2 rings (SSSR count). The highest BCUT2D eigenvalue weighted by atomic mass is 79.9. The lowest BCUT2D eigenvalue weighted by Crippen LogP contribution is -2.05. The Morgan fingerprint density at radius 2 is 1.91 bits per heavy atom. The quantitative estimate of drug-likeness (QED) is 0.461. The van der Waals surface area contributed by atoms with Crippen LogP contribution in [0.15, 0.2) is 40.9 Å². The number of hydrogen-bond acceptors (Lipinski definition) is 5. The zero-order chi connectivity index (χ0) is 16.3. The monoisotopic (exact) mass is 369 g/mol. The minimum Gasteiger partial charge on any atom is -0.465 e. The molecule has 2 aromatic carbocycles. The van der Waals surface area contributed by atoms with E-state index in [1.807, 2.05) is 0 Å². The molecule has 8 heteroatoms. The van der Waals surface area contributed by atoms with Gasteiger partial charge in [-0.2, -0.15) is 0 Å². The van der Waals surface area contributed by atoms with Crippen molar-refractivity contribution in [1.82, 2.24) is 0 Å². The summed E-state index contributed by atoms with van der Waals surface area (Å²) in [6.07, 6.45) is 0. The fourth-order valence-corrected chi connectivity index (χ4v) is 2.00. The number of carbonyl (C=O) groups excluding carboxylic acids is 1. The molecule has 0 fully saturated rings. The summed E-state index contributed by atoms with van der Waals surface area (Å²) in [6.45, 7) is 0. The second-order valence-corrected chi connectivity index (χ2v) is 5.02. The minimum absolute atomic E-state index is 0.0429. The Bertz CT molecular complexity index is 750. The molecule has 0 amide bonds. The number of nitro groups is 1. The highest BCUT2D eigenvalue weighted by molar-refractivity contribution is 9.10. The van der Waals surface area contributed by atoms with Gasteiger partial charge in [0, 0.05) is 16.6 Å². The normalized spacial score (nSPS) is 10.1. The van der Waals surface area contributed by atoms with Crippen molar-refractivity contribution in [2.75, 3.05) is 7.11 Å². The Morgan fingerprint density at radius 1 is 1.23 bits per heavy atom. The largest absolute Gasteiger partial charge is 0.465 e. The van der Waals surface area contributed by atoms with Crippen LogP contribution in [0.5, 0.6) is 11.5 Å². The fraction of sp³-hybridized carbons (Fsp3) is 0.0714. The maximum absolute atomic E-state index is 13.8. The third kappa shape index (κ3) is 3.40. The molecule has 0 saturated heterocycles. The maximum atomic E-state index is 13.8. The fourth-order valence-electron chi connectivity index (χ4n) is 1.67. The van der Waals surface area contributed by atoms with Crippen molar-refractivity contribution in [3.05, 3.63) is 62.4 Å². The zero-order valence-electron chi connectivity index (χ0n) is 11.2. The summed E-state index contributed by atoms with van der Waals surface area (Å²) in [4.78, 5) is 21.8. The van der Waals surface area contributed by atoms with Crippen molar-refractivity contribution in [1.29, 1.82) is 0 Å². The van der Waals surface area contributed by atoms with E-state index >= 15 is 0 Å². The summed E-state index contributed by atoms with van der Waals surface area (Å²) >= 11 is 3.11. The number of methoxy groups -OCH3 is 1. The Balaban J connectivity index is 2.45. The first-order chi connectivity index (χ1) is 10.4. The summed E-state index contributed by atoms with van der Waals surface area (Å²) in [7, 11) is 1.13. The van der Waals surface area contributed by atoms with Gasteiger partial charge in [0.15, 0.2) is 11.6 Å². The number of rotatable bonds is 4. The van der Waals surface area contributed by atoms with Crippen LogP contribution in [0, 0.1) is 15.9 Å². The summed E-state index contributed by atoms with van der Waals surface area (Å²) in [6, 6.07) is 7.49. The van der Waals surface area contributed by atoms with Crippen LogP contribution >= 0.6 is 15.9 Å². The molecule has 6 nitrogen and oxygen atoms in total. The van der Waals surface area contributed by atoms with Crippen molar-refractivity contribution in [3.8, 4) is 11.5 Å². The zero-order valence-corrected chi connectivity index (χ0v) is 12.8. The minimum atomic E-state index is -0.823. The molecule has 22 heavy (non-hydrogen) atoms. The molecule has 0 atom stereocenters. The number of esters is 1. The van der Waals surface area contributed by atoms with Crippen LogP contribution in [0.3, 0.4) is 0 Å². The van der Waals surface area contributed by atoms with Gasteiger partial charge in [-0.3, -0.25) is 10.1 Å². The van der Waals surface area contributed by atoms with Gasteiger partial charge < -0.3 is 9.47 Å². The average molecular weight is 370 g/mol. The lowest BCUT2D eigenvalue weighted by molar-refractivity contribution is -0.384. The predicted octanol–water partition coefficient (Wildman–Crippen LogP) is 4.08. The number of nitro benzene ring substituents is 1. The van der Waals surface area contributed by atoms with Crippen LogP contribution in [0.4, 0.5) is 10.1 Å². The van der Waals surface area contributed by atoms with Gasteiger partial charge in [-0.05, 0) is 24.3 Å². The maximum Gasteiger partial charge on any atom is 0.341 e. The number of hydrogen-bond donors (Lipinski definition) is 0. The molecule has 0 aliphatic rings. The first-order valence-electron chi connectivity index (χ1n) is 5.92. The van der Waals surface area contributed by atoms with Crippen molar-refractivity contribution in [3.63, 3.8) is 0 Å². The molecule has 114 valence electrons. The van der Waals surface area contributed by atoms with E-state index in [1.165, 1.54) is 18.2 Å². The number of nitrogens with zero attached hydrogens (tertiary/aromatic N) is 1. The van der Waals surface area contributed by atoms with E-state index in [0.717, 1.165) is 19.2 Å². The lowest BCUT2D eigenvalue weighted by Gasteiger charge is -2.10. The first-order valence-corrected chi connectivity index (χ1v) is 6.71. The second-order valence-electron chi connectivity index (χ2n) is 4.11. The number of halogens is 2. The van der Waals surface area contributed by atoms with Crippen molar-refractivity contribution in [2.24, 2.45) is 0 Å². The molecule has 0 unspecified atom stereocenters. The van der Waals surface area contributed by atoms with E-state index in [9.17, 15) is 19.3 Å². The number of ether oxygens (including phenoxy) is 2. The smallest absolute Gasteiger partial charge is 0.341 e. The SMILES string of the molecule is COC(=O)c1cc([N+](=O)[O-])ccc1Oc1ccc(Br)cc1F. The highest BCUT2D eigenvalue weighted by Crippen LogP contribution is 2.31. The molecule has 0 N–H and O–H groups in total. The Hall–Kier alpha value is -2.48. The van der Waals surface area contributed by atoms with E-state index < -0.39 is 16.7 Å². The molecule has 0 aliphatic heterocycles. The molecule has 2 aromatic rings. The highest BCUT2D eigenvalue weighted by Gasteiger charge is 2.19. The second kappa shape index (κ2) is 6.52. The Kier molecular flexibility index (Phi) is 4.71. The average Bonchev–Trinajstić information content (AvgIpc) is 2.49. The topological polar surface area (TPSA) is 78.7 Å². The van der Waals surface area contributed by atoms with Gasteiger partial charge in [0.25, 0.3) is 5.69 Å². The van der Waals surface area contributed by atoms with Crippen molar-refractivity contribution in [2.45, 2.75) is 0 Å². The van der Waals surface area contributed by atoms with Gasteiger partial charge in [-0.1, -0.05) is 15.9 Å². The molecule has 0 radical (unpaired) electrons. The third-order valence-electron chi connectivity index (χ3n) is 2.69.